The summed E-state index contributed by atoms with van der Waals surface area (Å²) in [6.45, 7) is 10.5. The first-order valence-corrected chi connectivity index (χ1v) is 9.94. The van der Waals surface area contributed by atoms with Crippen molar-refractivity contribution in [1.29, 1.82) is 0 Å². The molecule has 1 heterocycles. The van der Waals surface area contributed by atoms with Crippen molar-refractivity contribution in [3.63, 3.8) is 0 Å². The van der Waals surface area contributed by atoms with Crippen molar-refractivity contribution < 1.29 is 19.8 Å². The number of allylic oxidation sites excluding steroid dienone is 2. The van der Waals surface area contributed by atoms with Gasteiger partial charge in [-0.3, -0.25) is 14.5 Å². The molecule has 0 aliphatic carbocycles. The molecular formula is C20H30N2O4S. The maximum atomic E-state index is 12.0. The fraction of sp³-hybridized carbons (Fsp3) is 0.500. The average molecular weight is 395 g/mol. The van der Waals surface area contributed by atoms with E-state index in [1.165, 1.54) is 11.8 Å². The summed E-state index contributed by atoms with van der Waals surface area (Å²) >= 11 is 1.53. The van der Waals surface area contributed by atoms with Crippen molar-refractivity contribution in [1.82, 2.24) is 10.2 Å². The van der Waals surface area contributed by atoms with Crippen molar-refractivity contribution in [2.45, 2.75) is 25.7 Å². The van der Waals surface area contributed by atoms with Gasteiger partial charge >= 0.3 is 0 Å². The molecule has 1 aliphatic rings. The smallest absolute Gasteiger partial charge is 0.230 e. The first kappa shape index (κ1) is 23.4. The minimum Gasteiger partial charge on any atom is -0.412 e. The zero-order valence-electron chi connectivity index (χ0n) is 16.3. The Kier molecular flexibility index (Phi) is 10.3. The molecular weight excluding hydrogens is 364 g/mol. The van der Waals surface area contributed by atoms with Gasteiger partial charge in [0.25, 0.3) is 0 Å². The Labute approximate surface area is 165 Å². The molecule has 1 fully saturated rings. The third-order valence-electron chi connectivity index (χ3n) is 4.27. The highest BCUT2D eigenvalue weighted by atomic mass is 32.2. The molecule has 7 heteroatoms. The Balaban J connectivity index is 0.00000364. The highest BCUT2D eigenvalue weighted by Gasteiger charge is 2.10. The van der Waals surface area contributed by atoms with Crippen LogP contribution in [0.1, 0.15) is 25.0 Å². The number of rotatable bonds is 8. The van der Waals surface area contributed by atoms with Crippen LogP contribution in [-0.2, 0) is 14.3 Å². The quantitative estimate of drug-likeness (QED) is 0.535. The van der Waals surface area contributed by atoms with Gasteiger partial charge in [0.15, 0.2) is 5.78 Å². The molecule has 150 valence electrons. The number of benzene rings is 1. The second-order valence-electron chi connectivity index (χ2n) is 6.51. The number of hydrogen-bond acceptors (Lipinski definition) is 5. The fourth-order valence-corrected chi connectivity index (χ4v) is 3.75. The number of carbonyl (C=O) groups excluding carboxylic acids is 2. The molecule has 1 aromatic carbocycles. The summed E-state index contributed by atoms with van der Waals surface area (Å²) in [6, 6.07) is 6.09. The van der Waals surface area contributed by atoms with Crippen LogP contribution >= 0.6 is 11.8 Å². The van der Waals surface area contributed by atoms with Gasteiger partial charge in [0.05, 0.1) is 19.0 Å². The van der Waals surface area contributed by atoms with Crippen molar-refractivity contribution >= 4 is 29.0 Å². The molecule has 2 rings (SSSR count). The van der Waals surface area contributed by atoms with E-state index in [0.717, 1.165) is 54.4 Å². The van der Waals surface area contributed by atoms with Crippen molar-refractivity contribution in [3.05, 3.63) is 35.4 Å². The van der Waals surface area contributed by atoms with Crippen LogP contribution in [0.15, 0.2) is 29.2 Å². The van der Waals surface area contributed by atoms with Gasteiger partial charge < -0.3 is 15.5 Å². The summed E-state index contributed by atoms with van der Waals surface area (Å²) in [5.41, 5.74) is 3.14. The molecule has 3 N–H and O–H groups in total. The predicted molar refractivity (Wildman–Crippen MR) is 110 cm³/mol. The summed E-state index contributed by atoms with van der Waals surface area (Å²) in [7, 11) is 0. The number of nitrogens with zero attached hydrogens (tertiary/aromatic N) is 1. The van der Waals surface area contributed by atoms with E-state index < -0.39 is 0 Å². The van der Waals surface area contributed by atoms with Crippen LogP contribution in [0.2, 0.25) is 0 Å². The van der Waals surface area contributed by atoms with E-state index in [4.69, 9.17) is 4.74 Å². The number of amides is 1. The lowest BCUT2D eigenvalue weighted by Crippen LogP contribution is -2.41. The summed E-state index contributed by atoms with van der Waals surface area (Å²) in [4.78, 5) is 26.6. The first-order chi connectivity index (χ1) is 12.5. The molecule has 0 aromatic heterocycles. The van der Waals surface area contributed by atoms with Crippen LogP contribution in [0.5, 0.6) is 0 Å². The van der Waals surface area contributed by atoms with E-state index in [-0.39, 0.29) is 17.2 Å². The number of ketones is 1. The van der Waals surface area contributed by atoms with E-state index in [0.29, 0.717) is 12.3 Å². The number of morpholine rings is 1. The first-order valence-electron chi connectivity index (χ1n) is 8.95. The summed E-state index contributed by atoms with van der Waals surface area (Å²) in [5, 5.41) is 2.98. The average Bonchev–Trinajstić information content (AvgIpc) is 2.60. The van der Waals surface area contributed by atoms with E-state index in [1.807, 2.05) is 26.0 Å². The second kappa shape index (κ2) is 11.9. The zero-order chi connectivity index (χ0) is 18.9. The number of aryl methyl sites for hydroxylation is 1. The molecule has 27 heavy (non-hydrogen) atoms. The Morgan fingerprint density at radius 3 is 2.59 bits per heavy atom. The van der Waals surface area contributed by atoms with Gasteiger partial charge in [-0.15, -0.1) is 11.8 Å². The zero-order valence-corrected chi connectivity index (χ0v) is 17.2. The lowest BCUT2D eigenvalue weighted by Gasteiger charge is -2.26. The van der Waals surface area contributed by atoms with Gasteiger partial charge in [-0.2, -0.15) is 0 Å². The second-order valence-corrected chi connectivity index (χ2v) is 7.56. The molecule has 6 nitrogen and oxygen atoms in total. The minimum absolute atomic E-state index is 0. The minimum atomic E-state index is 0. The van der Waals surface area contributed by atoms with E-state index in [2.05, 4.69) is 16.3 Å². The van der Waals surface area contributed by atoms with Crippen LogP contribution < -0.4 is 5.32 Å². The van der Waals surface area contributed by atoms with Crippen LogP contribution in [0, 0.1) is 6.92 Å². The number of hydrogen-bond donors (Lipinski definition) is 1. The SMILES string of the molecule is CC(=O)/C=C(/C)c1ccc(SCC(=O)NCCN2CCOCC2)cc1C.O. The van der Waals surface area contributed by atoms with E-state index >= 15 is 0 Å². The summed E-state index contributed by atoms with van der Waals surface area (Å²) in [6.07, 6.45) is 1.65. The summed E-state index contributed by atoms with van der Waals surface area (Å²) < 4.78 is 5.31. The molecule has 0 spiro atoms. The van der Waals surface area contributed by atoms with Crippen LogP contribution in [-0.4, -0.2) is 67.2 Å². The number of ether oxygens (including phenoxy) is 1. The number of nitrogens with one attached hydrogen (secondary N) is 1. The summed E-state index contributed by atoms with van der Waals surface area (Å²) in [5.74, 6) is 0.510. The van der Waals surface area contributed by atoms with Crippen LogP contribution in [0.4, 0.5) is 0 Å². The molecule has 0 atom stereocenters. The number of carbonyl (C=O) groups is 2. The fourth-order valence-electron chi connectivity index (χ4n) is 2.93. The number of thioether (sulfide) groups is 1. The van der Waals surface area contributed by atoms with Crippen LogP contribution in [0.3, 0.4) is 0 Å². The van der Waals surface area contributed by atoms with Crippen LogP contribution in [0.25, 0.3) is 5.57 Å². The van der Waals surface area contributed by atoms with E-state index in [1.54, 1.807) is 13.0 Å². The normalized spacial score (nSPS) is 15.1. The molecule has 0 unspecified atom stereocenters. The maximum Gasteiger partial charge on any atom is 0.230 e. The molecule has 1 aromatic rings. The highest BCUT2D eigenvalue weighted by molar-refractivity contribution is 8.00. The Hall–Kier alpha value is -1.67. The molecule has 0 saturated carbocycles. The van der Waals surface area contributed by atoms with Gasteiger partial charge in [0.2, 0.25) is 5.91 Å². The van der Waals surface area contributed by atoms with Crippen molar-refractivity contribution in [3.8, 4) is 0 Å². The highest BCUT2D eigenvalue weighted by Crippen LogP contribution is 2.25. The maximum absolute atomic E-state index is 12.0. The van der Waals surface area contributed by atoms with Gasteiger partial charge in [-0.05, 0) is 55.7 Å². The lowest BCUT2D eigenvalue weighted by atomic mass is 10.0. The lowest BCUT2D eigenvalue weighted by molar-refractivity contribution is -0.118. The molecule has 1 aliphatic heterocycles. The Morgan fingerprint density at radius 2 is 1.96 bits per heavy atom. The standard InChI is InChI=1S/C20H28N2O3S.H2O/c1-15(12-17(3)23)19-5-4-18(13-16(19)2)26-14-20(24)21-6-7-22-8-10-25-11-9-22;/h4-5,12-13H,6-11,14H2,1-3H3,(H,21,24);1H2/b15-12-;. The van der Waals surface area contributed by atoms with Gasteiger partial charge in [-0.25, -0.2) is 0 Å². The van der Waals surface area contributed by atoms with E-state index in [9.17, 15) is 9.59 Å². The molecule has 0 radical (unpaired) electrons. The predicted octanol–water partition coefficient (Wildman–Crippen LogP) is 1.70. The molecule has 1 amide bonds. The third kappa shape index (κ3) is 8.26. The molecule has 1 saturated heterocycles. The van der Waals surface area contributed by atoms with Crippen molar-refractivity contribution in [2.24, 2.45) is 0 Å². The van der Waals surface area contributed by atoms with Gasteiger partial charge in [0.1, 0.15) is 0 Å². The largest absolute Gasteiger partial charge is 0.412 e. The monoisotopic (exact) mass is 394 g/mol. The Morgan fingerprint density at radius 1 is 1.26 bits per heavy atom. The van der Waals surface area contributed by atoms with Gasteiger partial charge in [0, 0.05) is 31.1 Å². The van der Waals surface area contributed by atoms with Gasteiger partial charge in [-0.1, -0.05) is 6.07 Å². The molecule has 0 bridgehead atoms. The Bertz CT molecular complexity index is 670. The van der Waals surface area contributed by atoms with Crippen molar-refractivity contribution in [2.75, 3.05) is 45.1 Å². The third-order valence-corrected chi connectivity index (χ3v) is 5.26. The topological polar surface area (TPSA) is 90.1 Å².